The Hall–Kier alpha value is -5.47. The summed E-state index contributed by atoms with van der Waals surface area (Å²) in [7, 11) is 0. The molecule has 0 aliphatic carbocycles. The van der Waals surface area contributed by atoms with E-state index < -0.39 is 0 Å². The van der Waals surface area contributed by atoms with Gasteiger partial charge >= 0.3 is 0 Å². The van der Waals surface area contributed by atoms with Crippen LogP contribution < -0.4 is 10.6 Å². The van der Waals surface area contributed by atoms with Crippen molar-refractivity contribution in [3.8, 4) is 23.1 Å². The molecule has 0 unspecified atom stereocenters. The van der Waals surface area contributed by atoms with Gasteiger partial charge in [-0.2, -0.15) is 10.2 Å². The third-order valence-electron chi connectivity index (χ3n) is 9.53. The first-order chi connectivity index (χ1) is 24.5. The van der Waals surface area contributed by atoms with E-state index in [-0.39, 0.29) is 5.82 Å². The largest absolute Gasteiger partial charge is 0.383 e. The second kappa shape index (κ2) is 15.4. The Morgan fingerprint density at radius 3 is 2.46 bits per heavy atom. The van der Waals surface area contributed by atoms with Gasteiger partial charge in [0.1, 0.15) is 23.7 Å². The molecule has 2 N–H and O–H groups in total. The highest BCUT2D eigenvalue weighted by molar-refractivity contribution is 5.85. The average molecular weight is 668 g/mol. The standard InChI is InChI=1S/C37H39N11.C2H6/c1-3-6-27(7-4-2)30-13-14-31-35(43-30)48(34(44-31)29-8-5-18-40-33(29)39)28-11-9-26(10-12-28)23-46-19-15-37(24-46)16-20-47(21-17-37)36-42-25-41-32(22-38)45-36;1-2/h3,5-14,18,25H,4,15-17,19-21,23-24H2,1-2H3,(H2,39,40);1-2H3/b6-3-,27-7+;. The van der Waals surface area contributed by atoms with Crippen molar-refractivity contribution in [2.45, 2.75) is 59.9 Å². The minimum atomic E-state index is 0.167. The van der Waals surface area contributed by atoms with E-state index in [0.717, 1.165) is 85.7 Å². The van der Waals surface area contributed by atoms with Crippen LogP contribution in [0.4, 0.5) is 11.8 Å². The molecule has 1 spiro atoms. The second-order valence-corrected chi connectivity index (χ2v) is 12.6. The fraction of sp³-hybridized carbons (Fsp3) is 0.359. The molecule has 256 valence electrons. The van der Waals surface area contributed by atoms with E-state index in [4.69, 9.17) is 21.0 Å². The van der Waals surface area contributed by atoms with Gasteiger partial charge in [0, 0.05) is 38.1 Å². The molecule has 2 fully saturated rings. The topological polar surface area (TPSA) is 139 Å². The smallest absolute Gasteiger partial charge is 0.236 e. The summed E-state index contributed by atoms with van der Waals surface area (Å²) in [6.07, 6.45) is 13.7. The van der Waals surface area contributed by atoms with Gasteiger partial charge in [-0.1, -0.05) is 51.1 Å². The lowest BCUT2D eigenvalue weighted by molar-refractivity contribution is 0.205. The summed E-state index contributed by atoms with van der Waals surface area (Å²) < 4.78 is 2.10. The molecule has 1 aromatic carbocycles. The van der Waals surface area contributed by atoms with Gasteiger partial charge in [0.25, 0.3) is 0 Å². The molecular formula is C39H45N11. The van der Waals surface area contributed by atoms with Gasteiger partial charge in [-0.3, -0.25) is 9.47 Å². The number of hydrogen-bond donors (Lipinski definition) is 1. The molecule has 0 bridgehead atoms. The molecule has 50 heavy (non-hydrogen) atoms. The lowest BCUT2D eigenvalue weighted by Crippen LogP contribution is -2.42. The molecule has 2 aliphatic heterocycles. The molecule has 11 heteroatoms. The molecule has 0 radical (unpaired) electrons. The van der Waals surface area contributed by atoms with Gasteiger partial charge < -0.3 is 10.6 Å². The molecule has 11 nitrogen and oxygen atoms in total. The Balaban J connectivity index is 0.00000212. The van der Waals surface area contributed by atoms with E-state index in [0.29, 0.717) is 23.0 Å². The van der Waals surface area contributed by atoms with Gasteiger partial charge in [0.15, 0.2) is 11.5 Å². The SMILES string of the molecule is C/C=C\C(=C/CC)c1ccc2nc(-c3cccnc3N)n(-c3ccc(CN4CCC5(CCN(c6ncnc(C#N)n6)CC5)C4)cc3)c2n1.CC. The number of anilines is 2. The summed E-state index contributed by atoms with van der Waals surface area (Å²) in [5.74, 6) is 1.92. The maximum Gasteiger partial charge on any atom is 0.236 e. The fourth-order valence-corrected chi connectivity index (χ4v) is 7.06. The summed E-state index contributed by atoms with van der Waals surface area (Å²) in [4.78, 5) is 31.8. The normalized spacial score (nSPS) is 16.1. The van der Waals surface area contributed by atoms with E-state index in [2.05, 4.69) is 77.6 Å². The van der Waals surface area contributed by atoms with Crippen LogP contribution in [0.5, 0.6) is 0 Å². The van der Waals surface area contributed by atoms with Crippen LogP contribution in [0, 0.1) is 16.7 Å². The molecule has 0 amide bonds. The van der Waals surface area contributed by atoms with Crippen molar-refractivity contribution in [1.82, 2.24) is 39.4 Å². The lowest BCUT2D eigenvalue weighted by Gasteiger charge is -2.39. The van der Waals surface area contributed by atoms with Gasteiger partial charge in [-0.05, 0) is 92.1 Å². The number of nitrogens with zero attached hydrogens (tertiary/aromatic N) is 10. The zero-order chi connectivity index (χ0) is 35.1. The number of aromatic nitrogens is 7. The average Bonchev–Trinajstić information content (AvgIpc) is 3.73. The third kappa shape index (κ3) is 7.12. The van der Waals surface area contributed by atoms with E-state index in [1.807, 2.05) is 57.2 Å². The number of nitriles is 1. The Labute approximate surface area is 294 Å². The summed E-state index contributed by atoms with van der Waals surface area (Å²) >= 11 is 0. The predicted molar refractivity (Wildman–Crippen MR) is 199 cm³/mol. The van der Waals surface area contributed by atoms with Crippen LogP contribution >= 0.6 is 0 Å². The van der Waals surface area contributed by atoms with Crippen LogP contribution in [0.2, 0.25) is 0 Å². The van der Waals surface area contributed by atoms with Crippen LogP contribution in [-0.2, 0) is 6.54 Å². The number of imidazole rings is 1. The molecular weight excluding hydrogens is 623 g/mol. The van der Waals surface area contributed by atoms with E-state index in [1.54, 1.807) is 6.20 Å². The van der Waals surface area contributed by atoms with Gasteiger partial charge in [0.2, 0.25) is 11.8 Å². The number of fused-ring (bicyclic) bond motifs is 1. The van der Waals surface area contributed by atoms with Crippen LogP contribution in [0.15, 0.2) is 79.3 Å². The Morgan fingerprint density at radius 1 is 0.960 bits per heavy atom. The maximum atomic E-state index is 9.17. The first-order valence-corrected chi connectivity index (χ1v) is 17.6. The van der Waals surface area contributed by atoms with E-state index in [1.165, 1.54) is 18.3 Å². The number of pyridine rings is 2. The molecule has 2 saturated heterocycles. The van der Waals surface area contributed by atoms with E-state index in [9.17, 15) is 0 Å². The minimum absolute atomic E-state index is 0.167. The summed E-state index contributed by atoms with van der Waals surface area (Å²) in [6.45, 7) is 13.0. The number of rotatable bonds is 8. The highest BCUT2D eigenvalue weighted by Crippen LogP contribution is 2.41. The van der Waals surface area contributed by atoms with Crippen LogP contribution in [0.3, 0.4) is 0 Å². The molecule has 0 atom stereocenters. The molecule has 6 heterocycles. The number of piperidine rings is 1. The van der Waals surface area contributed by atoms with Gasteiger partial charge in [0.05, 0.1) is 11.3 Å². The van der Waals surface area contributed by atoms with E-state index >= 15 is 0 Å². The summed E-state index contributed by atoms with van der Waals surface area (Å²) in [6, 6.07) is 18.7. The van der Waals surface area contributed by atoms with Crippen molar-refractivity contribution in [2.24, 2.45) is 5.41 Å². The number of allylic oxidation sites excluding steroid dienone is 4. The Morgan fingerprint density at radius 2 is 1.74 bits per heavy atom. The zero-order valence-corrected chi connectivity index (χ0v) is 29.4. The van der Waals surface area contributed by atoms with Crippen molar-refractivity contribution < 1.29 is 0 Å². The summed E-state index contributed by atoms with van der Waals surface area (Å²) in [5, 5.41) is 9.17. The van der Waals surface area contributed by atoms with Crippen molar-refractivity contribution in [3.63, 3.8) is 0 Å². The number of likely N-dealkylation sites (tertiary alicyclic amines) is 1. The fourth-order valence-electron chi connectivity index (χ4n) is 7.06. The molecule has 0 saturated carbocycles. The maximum absolute atomic E-state index is 9.17. The van der Waals surface area contributed by atoms with Crippen molar-refractivity contribution in [3.05, 3.63) is 96.4 Å². The van der Waals surface area contributed by atoms with Crippen LogP contribution in [0.1, 0.15) is 70.5 Å². The number of nitrogen functional groups attached to an aromatic ring is 1. The molecule has 7 rings (SSSR count). The molecule has 4 aromatic heterocycles. The van der Waals surface area contributed by atoms with Gasteiger partial charge in [-0.15, -0.1) is 0 Å². The monoisotopic (exact) mass is 667 g/mol. The number of benzene rings is 1. The van der Waals surface area contributed by atoms with Crippen molar-refractivity contribution in [1.29, 1.82) is 5.26 Å². The third-order valence-corrected chi connectivity index (χ3v) is 9.53. The Bertz CT molecular complexity index is 2030. The highest BCUT2D eigenvalue weighted by Gasteiger charge is 2.41. The number of hydrogen-bond acceptors (Lipinski definition) is 10. The molecule has 2 aliphatic rings. The zero-order valence-electron chi connectivity index (χ0n) is 29.4. The first-order valence-electron chi connectivity index (χ1n) is 17.6. The predicted octanol–water partition coefficient (Wildman–Crippen LogP) is 7.01. The van der Waals surface area contributed by atoms with Crippen molar-refractivity contribution >= 4 is 28.5 Å². The Kier molecular flexibility index (Phi) is 10.6. The highest BCUT2D eigenvalue weighted by atomic mass is 15.3. The van der Waals surface area contributed by atoms with Crippen molar-refractivity contribution in [2.75, 3.05) is 36.8 Å². The quantitative estimate of drug-likeness (QED) is 0.172. The molecule has 5 aromatic rings. The van der Waals surface area contributed by atoms with Crippen LogP contribution in [-0.4, -0.2) is 65.5 Å². The second-order valence-electron chi connectivity index (χ2n) is 12.6. The minimum Gasteiger partial charge on any atom is -0.383 e. The summed E-state index contributed by atoms with van der Waals surface area (Å²) in [5.41, 5.74) is 13.2. The lowest BCUT2D eigenvalue weighted by atomic mass is 9.78. The van der Waals surface area contributed by atoms with Gasteiger partial charge in [-0.25, -0.2) is 24.9 Å². The first kappa shape index (κ1) is 34.4. The number of nitrogens with two attached hydrogens (primary N) is 1. The van der Waals surface area contributed by atoms with Crippen LogP contribution in [0.25, 0.3) is 33.8 Å².